The zero-order valence-corrected chi connectivity index (χ0v) is 47.8. The number of aromatic nitrogens is 10. The Bertz CT molecular complexity index is 5290. The van der Waals surface area contributed by atoms with Crippen LogP contribution in [-0.2, 0) is 9.31 Å². The molecule has 0 N–H and O–H groups in total. The highest BCUT2D eigenvalue weighted by atomic mass is 79.9. The summed E-state index contributed by atoms with van der Waals surface area (Å²) in [6.45, 7) is 8.30. The summed E-state index contributed by atoms with van der Waals surface area (Å²) in [6, 6.07) is 70.1. The fraction of sp³-hybridized carbons (Fsp3) is 0.0857. The van der Waals surface area contributed by atoms with E-state index in [4.69, 9.17) is 34.2 Å². The highest BCUT2D eigenvalue weighted by Crippen LogP contribution is 2.39. The lowest BCUT2D eigenvalue weighted by Gasteiger charge is -2.32. The summed E-state index contributed by atoms with van der Waals surface area (Å²) in [5.41, 5.74) is 15.2. The number of nitrogens with zero attached hydrogens (tertiary/aromatic N) is 10. The third-order valence-electron chi connectivity index (χ3n) is 16.3. The Hall–Kier alpha value is -9.86. The second-order valence-corrected chi connectivity index (χ2v) is 22.8. The predicted molar refractivity (Wildman–Crippen MR) is 345 cm³/mol. The van der Waals surface area contributed by atoms with Crippen molar-refractivity contribution in [3.05, 3.63) is 236 Å². The summed E-state index contributed by atoms with van der Waals surface area (Å²) in [5, 5.41) is 8.75. The molecule has 0 atom stereocenters. The van der Waals surface area contributed by atoms with Crippen molar-refractivity contribution in [2.24, 2.45) is 0 Å². The van der Waals surface area contributed by atoms with Gasteiger partial charge in [-0.1, -0.05) is 152 Å². The van der Waals surface area contributed by atoms with Crippen LogP contribution in [0, 0.1) is 0 Å². The van der Waals surface area contributed by atoms with Gasteiger partial charge in [-0.2, -0.15) is 0 Å². The second kappa shape index (κ2) is 20.2. The first-order chi connectivity index (χ1) is 41.0. The fourth-order valence-electron chi connectivity index (χ4n) is 11.3. The van der Waals surface area contributed by atoms with E-state index in [1.165, 1.54) is 0 Å². The molecule has 10 aromatic heterocycles. The number of benzene rings is 6. The second-order valence-electron chi connectivity index (χ2n) is 22.0. The van der Waals surface area contributed by atoms with E-state index in [2.05, 4.69) is 190 Å². The van der Waals surface area contributed by atoms with Crippen LogP contribution in [0.4, 0.5) is 0 Å². The fourth-order valence-corrected chi connectivity index (χ4v) is 11.6. The summed E-state index contributed by atoms with van der Waals surface area (Å²) in [4.78, 5) is 38.5. The molecule has 0 spiro atoms. The Kier molecular flexibility index (Phi) is 12.3. The van der Waals surface area contributed by atoms with Gasteiger partial charge < -0.3 is 9.31 Å². The Labute approximate surface area is 492 Å². The van der Waals surface area contributed by atoms with Gasteiger partial charge in [-0.25, -0.2) is 29.9 Å². The monoisotopic (exact) mass is 1160 g/mol. The van der Waals surface area contributed by atoms with Crippen LogP contribution in [0.2, 0.25) is 0 Å². The maximum absolute atomic E-state index is 6.29. The highest BCUT2D eigenvalue weighted by molar-refractivity contribution is 9.10. The van der Waals surface area contributed by atoms with Gasteiger partial charge in [-0.15, -0.1) is 0 Å². The quantitative estimate of drug-likeness (QED) is 0.0953. The Balaban J connectivity index is 0.000000121. The first kappa shape index (κ1) is 51.1. The number of imidazole rings is 2. The van der Waals surface area contributed by atoms with Gasteiger partial charge >= 0.3 is 7.12 Å². The zero-order valence-electron chi connectivity index (χ0n) is 46.2. The number of halogens is 1. The maximum atomic E-state index is 6.29. The van der Waals surface area contributed by atoms with Crippen molar-refractivity contribution >= 4 is 127 Å². The van der Waals surface area contributed by atoms with Gasteiger partial charge in [0.05, 0.1) is 50.4 Å². The van der Waals surface area contributed by atoms with Crippen molar-refractivity contribution in [3.63, 3.8) is 0 Å². The van der Waals surface area contributed by atoms with Crippen LogP contribution in [0.15, 0.2) is 236 Å². The van der Waals surface area contributed by atoms with Crippen LogP contribution in [0.25, 0.3) is 133 Å². The number of hydrogen-bond donors (Lipinski definition) is 0. The van der Waals surface area contributed by atoms with Crippen molar-refractivity contribution in [1.82, 2.24) is 48.7 Å². The molecule has 1 aliphatic heterocycles. The van der Waals surface area contributed by atoms with Crippen molar-refractivity contribution in [2.75, 3.05) is 0 Å². The lowest BCUT2D eigenvalue weighted by molar-refractivity contribution is 0.00578. The molecule has 0 bridgehead atoms. The summed E-state index contributed by atoms with van der Waals surface area (Å²) >= 11 is 3.38. The van der Waals surface area contributed by atoms with E-state index in [1.54, 1.807) is 6.20 Å². The molecule has 0 radical (unpaired) electrons. The van der Waals surface area contributed by atoms with E-state index >= 15 is 0 Å². The molecule has 0 unspecified atom stereocenters. The number of hydrogen-bond acceptors (Lipinski definition) is 10. The van der Waals surface area contributed by atoms with E-state index in [0.29, 0.717) is 0 Å². The largest absolute Gasteiger partial charge is 0.494 e. The summed E-state index contributed by atoms with van der Waals surface area (Å²) in [6.07, 6.45) is 7.65. The SMILES string of the molecule is Brc1ccc2ccc3cccnc3c2n1.CC1(C)OB(c2cccc(-c3nc4c(nc5ccccn54)c4ccccc34)c2)OC1(C)C.[2HH].c1cc(-c2ccc3ccc4cccnc4c3n2)cc(-c2nc3c(nc4ccccn43)c3ccccc23)c1. The molecule has 16 aromatic rings. The molecule has 14 heteroatoms. The average Bonchev–Trinajstić information content (AvgIpc) is 2.03. The smallest absolute Gasteiger partial charge is 0.399 e. The predicted octanol–water partition coefficient (Wildman–Crippen LogP) is 16.3. The first-order valence-electron chi connectivity index (χ1n) is 27.8. The van der Waals surface area contributed by atoms with Crippen LogP contribution < -0.4 is 5.46 Å². The topological polar surface area (TPSA) is 130 Å². The van der Waals surface area contributed by atoms with E-state index in [0.717, 1.165) is 143 Å². The molecule has 1 saturated heterocycles. The molecule has 6 aromatic carbocycles. The lowest BCUT2D eigenvalue weighted by Crippen LogP contribution is -2.41. The average molecular weight is 1160 g/mol. The molecule has 12 nitrogen and oxygen atoms in total. The molecule has 84 heavy (non-hydrogen) atoms. The van der Waals surface area contributed by atoms with E-state index < -0.39 is 7.12 Å². The number of rotatable bonds is 4. The molecule has 0 amide bonds. The maximum Gasteiger partial charge on any atom is 0.494 e. The highest BCUT2D eigenvalue weighted by Gasteiger charge is 2.51. The lowest BCUT2D eigenvalue weighted by atomic mass is 9.78. The van der Waals surface area contributed by atoms with Crippen LogP contribution >= 0.6 is 15.9 Å². The Morgan fingerprint density at radius 2 is 0.857 bits per heavy atom. The van der Waals surface area contributed by atoms with Gasteiger partial charge in [0.2, 0.25) is 0 Å². The molecule has 1 aliphatic rings. The van der Waals surface area contributed by atoms with E-state index in [9.17, 15) is 0 Å². The molecule has 404 valence electrons. The van der Waals surface area contributed by atoms with Gasteiger partial charge in [0.25, 0.3) is 0 Å². The van der Waals surface area contributed by atoms with Crippen LogP contribution in [0.3, 0.4) is 0 Å². The zero-order chi connectivity index (χ0) is 56.7. The van der Waals surface area contributed by atoms with Crippen LogP contribution in [0.1, 0.15) is 29.1 Å². The molecular formula is C70H52BBrN10O2. The normalized spacial score (nSPS) is 13.8. The van der Waals surface area contributed by atoms with Crippen molar-refractivity contribution < 1.29 is 10.7 Å². The van der Waals surface area contributed by atoms with E-state index in [1.807, 2.05) is 102 Å². The summed E-state index contributed by atoms with van der Waals surface area (Å²) < 4.78 is 17.5. The molecule has 0 saturated carbocycles. The van der Waals surface area contributed by atoms with Gasteiger partial charge in [-0.05, 0) is 104 Å². The molecule has 0 aliphatic carbocycles. The molecule has 1 fully saturated rings. The third kappa shape index (κ3) is 8.85. The standard InChI is InChI=1S/C32H19N5.C26H24BN3O2.C12H7BrN2.H2/c1-2-11-25-24(10-1)28(36-32-31(25)35-27-12-3-4-18-37(27)32)23-8-5-7-22(19-23)26-16-15-21-14-13-20-9-6-17-33-29(20)30(21)34-26;1-25(2)26(3,4)32-27(31-25)18-11-9-10-17(16-18)22-19-12-5-6-13-20(19)23-24(29-22)30-15-8-7-14-21(30)28-23;13-10-6-5-9-4-3-8-2-1-7-14-11(8)12(9)15-10;/h1-19H;5-16H,1-4H3;1-7H;1H/i;;;1+1. The minimum absolute atomic E-state index is 0. The van der Waals surface area contributed by atoms with Crippen LogP contribution in [0.5, 0.6) is 0 Å². The van der Waals surface area contributed by atoms with Crippen molar-refractivity contribution in [3.8, 4) is 33.8 Å². The Morgan fingerprint density at radius 1 is 0.393 bits per heavy atom. The molecule has 11 heterocycles. The molecular weight excluding hydrogens is 1100 g/mol. The van der Waals surface area contributed by atoms with Gasteiger partial charge in [0.15, 0.2) is 11.3 Å². The van der Waals surface area contributed by atoms with Crippen LogP contribution in [-0.4, -0.2) is 67.0 Å². The first-order valence-corrected chi connectivity index (χ1v) is 28.6. The Morgan fingerprint density at radius 3 is 1.43 bits per heavy atom. The third-order valence-corrected chi connectivity index (χ3v) is 16.7. The van der Waals surface area contributed by atoms with Gasteiger partial charge in [0, 0.05) is 86.0 Å². The molecule has 17 rings (SSSR count). The summed E-state index contributed by atoms with van der Waals surface area (Å²) in [5.74, 6) is 0. The van der Waals surface area contributed by atoms with E-state index in [-0.39, 0.29) is 12.6 Å². The van der Waals surface area contributed by atoms with Crippen molar-refractivity contribution in [1.29, 1.82) is 0 Å². The minimum atomic E-state index is -0.411. The van der Waals surface area contributed by atoms with Gasteiger partial charge in [-0.3, -0.25) is 18.8 Å². The minimum Gasteiger partial charge on any atom is -0.399 e. The number of fused-ring (bicyclic) bond motifs is 16. The van der Waals surface area contributed by atoms with Gasteiger partial charge in [0.1, 0.15) is 26.9 Å². The summed E-state index contributed by atoms with van der Waals surface area (Å²) in [7, 11) is -0.411. The number of pyridine rings is 8. The van der Waals surface area contributed by atoms with Crippen molar-refractivity contribution in [2.45, 2.75) is 38.9 Å².